The molecule has 4 heteroatoms. The summed E-state index contributed by atoms with van der Waals surface area (Å²) in [6, 6.07) is 5.35. The molecule has 0 spiro atoms. The minimum atomic E-state index is 0.0996. The number of rotatable bonds is 4. The fourth-order valence-electron chi connectivity index (χ4n) is 3.18. The van der Waals surface area contributed by atoms with Gasteiger partial charge in [0.05, 0.1) is 0 Å². The fraction of sp³-hybridized carbons (Fsp3) is 0.667. The first-order chi connectivity index (χ1) is 9.17. The van der Waals surface area contributed by atoms with E-state index in [2.05, 4.69) is 17.1 Å². The normalized spacial score (nSPS) is 28.5. The predicted molar refractivity (Wildman–Crippen MR) is 76.3 cm³/mol. The molecule has 2 aliphatic rings. The van der Waals surface area contributed by atoms with E-state index in [-0.39, 0.29) is 5.56 Å². The van der Waals surface area contributed by atoms with E-state index in [1.165, 1.54) is 12.8 Å². The molecule has 3 rings (SSSR count). The molecule has 1 aromatic heterocycles. The van der Waals surface area contributed by atoms with Crippen LogP contribution >= 0.6 is 0 Å². The molecule has 0 aromatic carbocycles. The first kappa shape index (κ1) is 12.9. The van der Waals surface area contributed by atoms with Gasteiger partial charge in [-0.05, 0) is 31.7 Å². The smallest absolute Gasteiger partial charge is 0.250 e. The minimum Gasteiger partial charge on any atom is -0.314 e. The van der Waals surface area contributed by atoms with Crippen molar-refractivity contribution in [1.82, 2.24) is 14.8 Å². The Morgan fingerprint density at radius 3 is 2.95 bits per heavy atom. The Bertz CT molecular complexity index is 494. The van der Waals surface area contributed by atoms with E-state index in [0.29, 0.717) is 5.54 Å². The van der Waals surface area contributed by atoms with Crippen LogP contribution in [0.25, 0.3) is 0 Å². The Balaban J connectivity index is 1.58. The second-order valence-electron chi connectivity index (χ2n) is 6.13. The third-order valence-electron chi connectivity index (χ3n) is 4.54. The van der Waals surface area contributed by atoms with Gasteiger partial charge in [-0.3, -0.25) is 9.69 Å². The Labute approximate surface area is 114 Å². The lowest BCUT2D eigenvalue weighted by Gasteiger charge is -2.42. The maximum Gasteiger partial charge on any atom is 0.250 e. The monoisotopic (exact) mass is 261 g/mol. The highest BCUT2D eigenvalue weighted by atomic mass is 16.1. The molecule has 1 saturated carbocycles. The summed E-state index contributed by atoms with van der Waals surface area (Å²) in [6.45, 7) is 7.37. The van der Waals surface area contributed by atoms with Crippen LogP contribution in [0.5, 0.6) is 0 Å². The fourth-order valence-corrected chi connectivity index (χ4v) is 3.18. The topological polar surface area (TPSA) is 37.3 Å². The van der Waals surface area contributed by atoms with Crippen LogP contribution in [0, 0.1) is 5.92 Å². The zero-order chi connectivity index (χ0) is 13.3. The van der Waals surface area contributed by atoms with Crippen LogP contribution in [0.2, 0.25) is 0 Å². The maximum atomic E-state index is 11.7. The van der Waals surface area contributed by atoms with E-state index < -0.39 is 0 Å². The van der Waals surface area contributed by atoms with Crippen molar-refractivity contribution in [3.05, 3.63) is 34.7 Å². The Morgan fingerprint density at radius 2 is 2.21 bits per heavy atom. The van der Waals surface area contributed by atoms with Crippen molar-refractivity contribution in [3.8, 4) is 0 Å². The Kier molecular flexibility index (Phi) is 3.46. The molecular weight excluding hydrogens is 238 g/mol. The van der Waals surface area contributed by atoms with Crippen LogP contribution in [0.4, 0.5) is 0 Å². The number of nitrogens with zero attached hydrogens (tertiary/aromatic N) is 2. The highest BCUT2D eigenvalue weighted by molar-refractivity contribution is 5.02. The minimum absolute atomic E-state index is 0.0996. The first-order valence-electron chi connectivity index (χ1n) is 7.30. The molecule has 1 aromatic rings. The molecule has 1 N–H and O–H groups in total. The molecule has 2 heterocycles. The Morgan fingerprint density at radius 1 is 1.37 bits per heavy atom. The largest absolute Gasteiger partial charge is 0.314 e. The molecule has 1 saturated heterocycles. The van der Waals surface area contributed by atoms with Gasteiger partial charge in [0.2, 0.25) is 0 Å². The van der Waals surface area contributed by atoms with Crippen molar-refractivity contribution >= 4 is 0 Å². The van der Waals surface area contributed by atoms with Gasteiger partial charge in [0, 0.05) is 50.5 Å². The predicted octanol–water partition coefficient (Wildman–Crippen LogP) is 0.922. The van der Waals surface area contributed by atoms with Crippen LogP contribution in [0.1, 0.15) is 19.8 Å². The molecule has 104 valence electrons. The number of nitrogens with one attached hydrogen (secondary N) is 1. The van der Waals surface area contributed by atoms with E-state index in [9.17, 15) is 4.79 Å². The number of aromatic nitrogens is 1. The highest BCUT2D eigenvalue weighted by Gasteiger charge is 2.43. The van der Waals surface area contributed by atoms with Crippen molar-refractivity contribution in [2.24, 2.45) is 5.92 Å². The summed E-state index contributed by atoms with van der Waals surface area (Å²) in [5.41, 5.74) is 0.391. The molecule has 4 nitrogen and oxygen atoms in total. The van der Waals surface area contributed by atoms with E-state index in [4.69, 9.17) is 0 Å². The summed E-state index contributed by atoms with van der Waals surface area (Å²) in [4.78, 5) is 14.2. The van der Waals surface area contributed by atoms with Gasteiger partial charge in [-0.25, -0.2) is 0 Å². The van der Waals surface area contributed by atoms with Gasteiger partial charge in [0.15, 0.2) is 0 Å². The number of hydrogen-bond donors (Lipinski definition) is 1. The maximum absolute atomic E-state index is 11.7. The zero-order valence-corrected chi connectivity index (χ0v) is 11.6. The number of hydrogen-bond acceptors (Lipinski definition) is 3. The summed E-state index contributed by atoms with van der Waals surface area (Å²) in [7, 11) is 0. The standard InChI is InChI=1S/C15H23N3O/c1-15(13-5-6-13)12-17(9-7-16-15)10-11-18-8-3-2-4-14(18)19/h2-4,8,13,16H,5-7,9-12H2,1H3. The number of piperazine rings is 1. The molecule has 0 amide bonds. The van der Waals surface area contributed by atoms with Crippen molar-refractivity contribution in [2.75, 3.05) is 26.2 Å². The van der Waals surface area contributed by atoms with Gasteiger partial charge in [0.25, 0.3) is 5.56 Å². The molecule has 2 fully saturated rings. The number of pyridine rings is 1. The average Bonchev–Trinajstić information content (AvgIpc) is 3.23. The van der Waals surface area contributed by atoms with Crippen molar-refractivity contribution < 1.29 is 0 Å². The first-order valence-corrected chi connectivity index (χ1v) is 7.30. The Hall–Kier alpha value is -1.13. The second kappa shape index (κ2) is 5.10. The third kappa shape index (κ3) is 2.90. The molecular formula is C15H23N3O. The van der Waals surface area contributed by atoms with Crippen LogP contribution < -0.4 is 10.9 Å². The van der Waals surface area contributed by atoms with Gasteiger partial charge in [-0.2, -0.15) is 0 Å². The quantitative estimate of drug-likeness (QED) is 0.876. The van der Waals surface area contributed by atoms with Crippen molar-refractivity contribution in [1.29, 1.82) is 0 Å². The lowest BCUT2D eigenvalue weighted by molar-refractivity contribution is 0.123. The van der Waals surface area contributed by atoms with Crippen LogP contribution in [0.15, 0.2) is 29.2 Å². The molecule has 1 aliphatic heterocycles. The van der Waals surface area contributed by atoms with E-state index in [1.54, 1.807) is 16.7 Å². The zero-order valence-electron chi connectivity index (χ0n) is 11.6. The van der Waals surface area contributed by atoms with Crippen LogP contribution in [-0.2, 0) is 6.54 Å². The molecule has 1 aliphatic carbocycles. The van der Waals surface area contributed by atoms with Crippen molar-refractivity contribution in [3.63, 3.8) is 0 Å². The molecule has 1 unspecified atom stereocenters. The van der Waals surface area contributed by atoms with E-state index >= 15 is 0 Å². The van der Waals surface area contributed by atoms with Gasteiger partial charge in [-0.15, -0.1) is 0 Å². The van der Waals surface area contributed by atoms with E-state index in [0.717, 1.165) is 38.6 Å². The molecule has 0 bridgehead atoms. The van der Waals surface area contributed by atoms with Gasteiger partial charge >= 0.3 is 0 Å². The molecule has 1 atom stereocenters. The third-order valence-corrected chi connectivity index (χ3v) is 4.54. The summed E-state index contributed by atoms with van der Waals surface area (Å²) >= 11 is 0. The summed E-state index contributed by atoms with van der Waals surface area (Å²) < 4.78 is 1.80. The summed E-state index contributed by atoms with van der Waals surface area (Å²) in [5.74, 6) is 0.856. The molecule has 19 heavy (non-hydrogen) atoms. The SMILES string of the molecule is CC1(C2CC2)CN(CCn2ccccc2=O)CCN1. The lowest BCUT2D eigenvalue weighted by atomic mass is 9.93. The second-order valence-corrected chi connectivity index (χ2v) is 6.13. The van der Waals surface area contributed by atoms with E-state index in [1.807, 2.05) is 12.3 Å². The van der Waals surface area contributed by atoms with Crippen molar-refractivity contribution in [2.45, 2.75) is 31.8 Å². The highest BCUT2D eigenvalue weighted by Crippen LogP contribution is 2.40. The van der Waals surface area contributed by atoms with Gasteiger partial charge in [0.1, 0.15) is 0 Å². The van der Waals surface area contributed by atoms with Gasteiger partial charge < -0.3 is 9.88 Å². The average molecular weight is 261 g/mol. The lowest BCUT2D eigenvalue weighted by Crippen LogP contribution is -2.60. The summed E-state index contributed by atoms with van der Waals surface area (Å²) in [5, 5.41) is 3.69. The summed E-state index contributed by atoms with van der Waals surface area (Å²) in [6.07, 6.45) is 4.62. The van der Waals surface area contributed by atoms with Crippen LogP contribution in [0.3, 0.4) is 0 Å². The molecule has 0 radical (unpaired) electrons. The van der Waals surface area contributed by atoms with Crippen LogP contribution in [-0.4, -0.2) is 41.2 Å². The van der Waals surface area contributed by atoms with Gasteiger partial charge in [-0.1, -0.05) is 6.07 Å².